The van der Waals surface area contributed by atoms with Crippen LogP contribution in [-0.4, -0.2) is 19.1 Å². The fourth-order valence-electron chi connectivity index (χ4n) is 4.54. The van der Waals surface area contributed by atoms with E-state index in [1.54, 1.807) is 12.1 Å². The molecular formula is C31H26F3NO3. The van der Waals surface area contributed by atoms with Crippen LogP contribution in [0.1, 0.15) is 39.0 Å². The molecule has 0 saturated heterocycles. The number of fused-ring (bicyclic) bond motifs is 1. The summed E-state index contributed by atoms with van der Waals surface area (Å²) in [5.74, 6) is -0.631. The minimum Gasteiger partial charge on any atom is -0.488 e. The third kappa shape index (κ3) is 5.89. The summed E-state index contributed by atoms with van der Waals surface area (Å²) in [6, 6.07) is 24.0. The van der Waals surface area contributed by atoms with Crippen molar-refractivity contribution in [2.75, 3.05) is 13.1 Å². The van der Waals surface area contributed by atoms with E-state index in [0.717, 1.165) is 52.1 Å². The predicted octanol–water partition coefficient (Wildman–Crippen LogP) is 7.17. The zero-order valence-corrected chi connectivity index (χ0v) is 20.6. The normalized spacial score (nSPS) is 13.7. The Kier molecular flexibility index (Phi) is 7.47. The van der Waals surface area contributed by atoms with Crippen molar-refractivity contribution in [3.05, 3.63) is 119 Å². The first-order chi connectivity index (χ1) is 18.4. The van der Waals surface area contributed by atoms with Crippen molar-refractivity contribution in [3.8, 4) is 5.75 Å². The summed E-state index contributed by atoms with van der Waals surface area (Å²) in [7, 11) is 0. The number of carbonyl (C=O) groups excluding carboxylic acids is 1. The van der Waals surface area contributed by atoms with Crippen LogP contribution in [-0.2, 0) is 24.1 Å². The Morgan fingerprint density at radius 1 is 0.868 bits per heavy atom. The zero-order chi connectivity index (χ0) is 26.5. The highest BCUT2D eigenvalue weighted by Crippen LogP contribution is 2.36. The summed E-state index contributed by atoms with van der Waals surface area (Å²) in [4.78, 5) is 12.8. The number of alkyl halides is 3. The number of carbonyl (C=O) groups is 1. The van der Waals surface area contributed by atoms with Crippen LogP contribution in [0.5, 0.6) is 5.75 Å². The van der Waals surface area contributed by atoms with E-state index in [-0.39, 0.29) is 19.0 Å². The molecule has 0 saturated carbocycles. The first kappa shape index (κ1) is 25.5. The summed E-state index contributed by atoms with van der Waals surface area (Å²) < 4.78 is 51.3. The molecule has 4 aromatic carbocycles. The molecule has 1 aliphatic rings. The highest BCUT2D eigenvalue weighted by atomic mass is 19.4. The lowest BCUT2D eigenvalue weighted by atomic mass is 9.94. The van der Waals surface area contributed by atoms with Crippen LogP contribution in [0.2, 0.25) is 0 Å². The van der Waals surface area contributed by atoms with Gasteiger partial charge in [0.05, 0.1) is 11.1 Å². The topological polar surface area (TPSA) is 47.6 Å². The van der Waals surface area contributed by atoms with Gasteiger partial charge < -0.3 is 14.8 Å². The minimum absolute atomic E-state index is 0.0250. The second-order valence-electron chi connectivity index (χ2n) is 9.10. The number of para-hydroxylation sites is 1. The molecule has 0 radical (unpaired) electrons. The molecule has 0 aromatic heterocycles. The fourth-order valence-corrected chi connectivity index (χ4v) is 4.54. The molecule has 0 aliphatic carbocycles. The maximum absolute atomic E-state index is 13.3. The van der Waals surface area contributed by atoms with Crippen molar-refractivity contribution in [1.82, 2.24) is 5.32 Å². The Balaban J connectivity index is 1.35. The minimum atomic E-state index is -4.50. The third-order valence-corrected chi connectivity index (χ3v) is 6.51. The average Bonchev–Trinajstić information content (AvgIpc) is 2.95. The van der Waals surface area contributed by atoms with E-state index in [9.17, 15) is 18.0 Å². The van der Waals surface area contributed by atoms with Gasteiger partial charge in [0.15, 0.2) is 0 Å². The van der Waals surface area contributed by atoms with Crippen molar-refractivity contribution in [2.45, 2.75) is 25.8 Å². The summed E-state index contributed by atoms with van der Waals surface area (Å²) >= 11 is 0. The van der Waals surface area contributed by atoms with E-state index in [1.165, 1.54) is 18.2 Å². The van der Waals surface area contributed by atoms with Crippen LogP contribution < -0.4 is 10.1 Å². The molecule has 5 rings (SSSR count). The van der Waals surface area contributed by atoms with Gasteiger partial charge in [0.2, 0.25) is 0 Å². The smallest absolute Gasteiger partial charge is 0.419 e. The lowest BCUT2D eigenvalue weighted by molar-refractivity contribution is -0.139. The molecule has 0 spiro atoms. The van der Waals surface area contributed by atoms with Crippen LogP contribution in [0, 0.1) is 0 Å². The van der Waals surface area contributed by atoms with Crippen LogP contribution >= 0.6 is 0 Å². The maximum atomic E-state index is 13.3. The van der Waals surface area contributed by atoms with Gasteiger partial charge in [0, 0.05) is 6.54 Å². The SMILES string of the molecule is O=C(OCc1ccc(COc2ccccc2C(F)(F)F)cc1C1=CCNCC1)c1ccc2ccccc2c1. The molecule has 194 valence electrons. The van der Waals surface area contributed by atoms with E-state index >= 15 is 0 Å². The maximum Gasteiger partial charge on any atom is 0.419 e. The van der Waals surface area contributed by atoms with E-state index in [0.29, 0.717) is 12.1 Å². The van der Waals surface area contributed by atoms with Crippen molar-refractivity contribution in [3.63, 3.8) is 0 Å². The Morgan fingerprint density at radius 2 is 1.66 bits per heavy atom. The lowest BCUT2D eigenvalue weighted by Gasteiger charge is -2.19. The number of nitrogens with one attached hydrogen (secondary N) is 1. The molecule has 0 bridgehead atoms. The number of halogens is 3. The first-order valence-electron chi connectivity index (χ1n) is 12.4. The second kappa shape index (κ2) is 11.1. The average molecular weight is 518 g/mol. The van der Waals surface area contributed by atoms with Gasteiger partial charge >= 0.3 is 12.1 Å². The van der Waals surface area contributed by atoms with Gasteiger partial charge in [0.25, 0.3) is 0 Å². The van der Waals surface area contributed by atoms with Crippen LogP contribution in [0.15, 0.2) is 91.0 Å². The second-order valence-corrected chi connectivity index (χ2v) is 9.10. The van der Waals surface area contributed by atoms with E-state index in [1.807, 2.05) is 48.5 Å². The van der Waals surface area contributed by atoms with Gasteiger partial charge in [-0.05, 0) is 76.3 Å². The molecule has 0 atom stereocenters. The monoisotopic (exact) mass is 517 g/mol. The number of esters is 1. The number of rotatable bonds is 7. The van der Waals surface area contributed by atoms with Crippen LogP contribution in [0.4, 0.5) is 13.2 Å². The largest absolute Gasteiger partial charge is 0.488 e. The van der Waals surface area contributed by atoms with Gasteiger partial charge in [-0.3, -0.25) is 0 Å². The van der Waals surface area contributed by atoms with Crippen molar-refractivity contribution >= 4 is 22.3 Å². The highest BCUT2D eigenvalue weighted by molar-refractivity contribution is 5.95. The summed E-state index contributed by atoms with van der Waals surface area (Å²) in [5, 5.41) is 5.28. The number of benzene rings is 4. The molecule has 0 unspecified atom stereocenters. The van der Waals surface area contributed by atoms with E-state index < -0.39 is 17.7 Å². The summed E-state index contributed by atoms with van der Waals surface area (Å²) in [6.07, 6.45) is -1.63. The zero-order valence-electron chi connectivity index (χ0n) is 20.6. The highest BCUT2D eigenvalue weighted by Gasteiger charge is 2.34. The molecular weight excluding hydrogens is 491 g/mol. The molecule has 0 fully saturated rings. The Bertz CT molecular complexity index is 1490. The van der Waals surface area contributed by atoms with Crippen LogP contribution in [0.25, 0.3) is 16.3 Å². The van der Waals surface area contributed by atoms with Crippen LogP contribution in [0.3, 0.4) is 0 Å². The summed E-state index contributed by atoms with van der Waals surface area (Å²) in [5.41, 5.74) is 3.21. The molecule has 1 N–H and O–H groups in total. The van der Waals surface area contributed by atoms with Crippen molar-refractivity contribution in [1.29, 1.82) is 0 Å². The third-order valence-electron chi connectivity index (χ3n) is 6.51. The molecule has 1 heterocycles. The van der Waals surface area contributed by atoms with Gasteiger partial charge in [-0.15, -0.1) is 0 Å². The number of hydrogen-bond acceptors (Lipinski definition) is 4. The number of ether oxygens (including phenoxy) is 2. The van der Waals surface area contributed by atoms with Crippen molar-refractivity contribution < 1.29 is 27.4 Å². The number of hydrogen-bond donors (Lipinski definition) is 1. The van der Waals surface area contributed by atoms with Gasteiger partial charge in [-0.25, -0.2) is 4.79 Å². The molecule has 4 aromatic rings. The fraction of sp³-hybridized carbons (Fsp3) is 0.194. The molecule has 4 nitrogen and oxygen atoms in total. The first-order valence-corrected chi connectivity index (χ1v) is 12.4. The lowest BCUT2D eigenvalue weighted by Crippen LogP contribution is -2.20. The quantitative estimate of drug-likeness (QED) is 0.264. The Labute approximate surface area is 218 Å². The van der Waals surface area contributed by atoms with Gasteiger partial charge in [-0.2, -0.15) is 13.2 Å². The van der Waals surface area contributed by atoms with Gasteiger partial charge in [-0.1, -0.05) is 60.7 Å². The standard InChI is InChI=1S/C31H26F3NO3/c32-31(33,34)28-7-3-4-8-29(28)37-19-21-9-10-26(27(17-21)23-13-15-35-16-14-23)20-38-30(36)25-12-11-22-5-1-2-6-24(22)18-25/h1-13,17-18,35H,14-16,19-20H2. The Morgan fingerprint density at radius 3 is 2.45 bits per heavy atom. The van der Waals surface area contributed by atoms with E-state index in [4.69, 9.17) is 9.47 Å². The molecule has 38 heavy (non-hydrogen) atoms. The van der Waals surface area contributed by atoms with E-state index in [2.05, 4.69) is 11.4 Å². The van der Waals surface area contributed by atoms with Crippen molar-refractivity contribution in [2.24, 2.45) is 0 Å². The molecule has 7 heteroatoms. The molecule has 0 amide bonds. The predicted molar refractivity (Wildman–Crippen MR) is 141 cm³/mol. The summed E-state index contributed by atoms with van der Waals surface area (Å²) in [6.45, 7) is 1.57. The molecule has 1 aliphatic heterocycles. The van der Waals surface area contributed by atoms with Gasteiger partial charge in [0.1, 0.15) is 19.0 Å². The Hall–Kier alpha value is -4.10.